The van der Waals surface area contributed by atoms with Gasteiger partial charge in [0.2, 0.25) is 0 Å². The molecule has 3 aromatic rings. The van der Waals surface area contributed by atoms with Crippen molar-refractivity contribution in [1.29, 1.82) is 0 Å². The van der Waals surface area contributed by atoms with Gasteiger partial charge in [-0.15, -0.1) is 11.3 Å². The molecular formula is C15H12ClN3OS. The first-order valence-electron chi connectivity index (χ1n) is 6.77. The molecule has 3 aromatic heterocycles. The van der Waals surface area contributed by atoms with Gasteiger partial charge in [0, 0.05) is 24.0 Å². The molecule has 4 nitrogen and oxygen atoms in total. The molecule has 6 heteroatoms. The molecule has 21 heavy (non-hydrogen) atoms. The minimum absolute atomic E-state index is 0.367. The summed E-state index contributed by atoms with van der Waals surface area (Å²) >= 11 is 7.45. The van der Waals surface area contributed by atoms with E-state index in [1.54, 1.807) is 29.8 Å². The fourth-order valence-electron chi connectivity index (χ4n) is 2.33. The molecular weight excluding hydrogens is 306 g/mol. The van der Waals surface area contributed by atoms with E-state index in [1.165, 1.54) is 0 Å². The van der Waals surface area contributed by atoms with Gasteiger partial charge in [-0.2, -0.15) is 0 Å². The van der Waals surface area contributed by atoms with Crippen LogP contribution >= 0.6 is 22.9 Å². The van der Waals surface area contributed by atoms with Crippen LogP contribution < -0.4 is 0 Å². The van der Waals surface area contributed by atoms with Crippen molar-refractivity contribution in [1.82, 2.24) is 15.0 Å². The SMILES string of the molecule is OC(c1cc(-c2nc3cc(Cl)ncc3s2)ccn1)C1CC1. The maximum absolute atomic E-state index is 10.2. The highest BCUT2D eigenvalue weighted by Gasteiger charge is 2.31. The first kappa shape index (κ1) is 13.1. The predicted molar refractivity (Wildman–Crippen MR) is 83.3 cm³/mol. The molecule has 1 N–H and O–H groups in total. The van der Waals surface area contributed by atoms with Gasteiger partial charge in [-0.1, -0.05) is 11.6 Å². The van der Waals surface area contributed by atoms with E-state index in [9.17, 15) is 5.11 Å². The van der Waals surface area contributed by atoms with Crippen molar-refractivity contribution in [2.24, 2.45) is 5.92 Å². The van der Waals surface area contributed by atoms with Crippen molar-refractivity contribution in [3.8, 4) is 10.6 Å². The molecule has 0 aromatic carbocycles. The average Bonchev–Trinajstić information content (AvgIpc) is 3.26. The molecule has 4 rings (SSSR count). The number of rotatable bonds is 3. The lowest BCUT2D eigenvalue weighted by Crippen LogP contribution is -2.02. The fraction of sp³-hybridized carbons (Fsp3) is 0.267. The molecule has 3 heterocycles. The second kappa shape index (κ2) is 5.02. The van der Waals surface area contributed by atoms with Gasteiger partial charge in [0.15, 0.2) is 0 Å². The number of aliphatic hydroxyl groups is 1. The van der Waals surface area contributed by atoms with Crippen molar-refractivity contribution in [2.45, 2.75) is 18.9 Å². The number of hydrogen-bond acceptors (Lipinski definition) is 5. The smallest absolute Gasteiger partial charge is 0.131 e. The van der Waals surface area contributed by atoms with Crippen LogP contribution in [0.4, 0.5) is 0 Å². The van der Waals surface area contributed by atoms with E-state index in [2.05, 4.69) is 15.0 Å². The van der Waals surface area contributed by atoms with Crippen molar-refractivity contribution < 1.29 is 5.11 Å². The van der Waals surface area contributed by atoms with Crippen molar-refractivity contribution in [2.75, 3.05) is 0 Å². The van der Waals surface area contributed by atoms with Crippen LogP contribution in [0.1, 0.15) is 24.6 Å². The van der Waals surface area contributed by atoms with E-state index >= 15 is 0 Å². The third kappa shape index (κ3) is 2.52. The van der Waals surface area contributed by atoms with Crippen molar-refractivity contribution >= 4 is 33.2 Å². The minimum Gasteiger partial charge on any atom is -0.387 e. The lowest BCUT2D eigenvalue weighted by Gasteiger charge is -2.08. The normalized spacial score (nSPS) is 16.3. The second-order valence-corrected chi connectivity index (χ2v) is 6.66. The molecule has 0 amide bonds. The van der Waals surface area contributed by atoms with E-state index < -0.39 is 6.10 Å². The van der Waals surface area contributed by atoms with Crippen LogP contribution in [0.3, 0.4) is 0 Å². The van der Waals surface area contributed by atoms with Gasteiger partial charge in [-0.25, -0.2) is 9.97 Å². The monoisotopic (exact) mass is 317 g/mol. The molecule has 1 fully saturated rings. The van der Waals surface area contributed by atoms with E-state index in [-0.39, 0.29) is 0 Å². The molecule has 1 unspecified atom stereocenters. The summed E-state index contributed by atoms with van der Waals surface area (Å²) in [5, 5.41) is 11.5. The van der Waals surface area contributed by atoms with Gasteiger partial charge < -0.3 is 5.11 Å². The standard InChI is InChI=1S/C15H12ClN3OS/c16-13-6-10-12(7-18-13)21-15(19-10)9-3-4-17-11(5-9)14(20)8-1-2-8/h3-8,14,20H,1-2H2. The summed E-state index contributed by atoms with van der Waals surface area (Å²) in [5.41, 5.74) is 2.54. The lowest BCUT2D eigenvalue weighted by atomic mass is 10.1. The Morgan fingerprint density at radius 1 is 1.29 bits per heavy atom. The third-order valence-corrected chi connectivity index (χ3v) is 4.90. The number of nitrogens with zero attached hydrogens (tertiary/aromatic N) is 3. The van der Waals surface area contributed by atoms with Crippen LogP contribution in [0.15, 0.2) is 30.6 Å². The van der Waals surface area contributed by atoms with Crippen LogP contribution in [0.25, 0.3) is 20.8 Å². The highest BCUT2D eigenvalue weighted by atomic mass is 35.5. The quantitative estimate of drug-likeness (QED) is 0.745. The highest BCUT2D eigenvalue weighted by molar-refractivity contribution is 7.21. The number of thiazole rings is 1. The molecule has 1 aliphatic carbocycles. The topological polar surface area (TPSA) is 58.9 Å². The zero-order valence-electron chi connectivity index (χ0n) is 11.0. The van der Waals surface area contributed by atoms with Crippen molar-refractivity contribution in [3.63, 3.8) is 0 Å². The maximum atomic E-state index is 10.2. The van der Waals surface area contributed by atoms with Gasteiger partial charge in [0.1, 0.15) is 10.2 Å². The fourth-order valence-corrected chi connectivity index (χ4v) is 3.39. The molecule has 0 bridgehead atoms. The number of hydrogen-bond donors (Lipinski definition) is 1. The Morgan fingerprint density at radius 3 is 2.95 bits per heavy atom. The summed E-state index contributed by atoms with van der Waals surface area (Å²) in [6.45, 7) is 0. The molecule has 0 aliphatic heterocycles. The first-order valence-corrected chi connectivity index (χ1v) is 7.96. The number of fused-ring (bicyclic) bond motifs is 1. The van der Waals surface area contributed by atoms with E-state index in [4.69, 9.17) is 11.6 Å². The summed E-state index contributed by atoms with van der Waals surface area (Å²) in [7, 11) is 0. The molecule has 0 spiro atoms. The van der Waals surface area contributed by atoms with E-state index in [1.807, 2.05) is 12.1 Å². The predicted octanol–water partition coefficient (Wildman–Crippen LogP) is 3.85. The zero-order valence-corrected chi connectivity index (χ0v) is 12.6. The molecule has 1 saturated carbocycles. The van der Waals surface area contributed by atoms with Crippen LogP contribution in [-0.2, 0) is 0 Å². The molecule has 0 radical (unpaired) electrons. The summed E-state index contributed by atoms with van der Waals surface area (Å²) < 4.78 is 0.996. The van der Waals surface area contributed by atoms with E-state index in [0.717, 1.165) is 39.3 Å². The summed E-state index contributed by atoms with van der Waals surface area (Å²) in [5.74, 6) is 0.367. The van der Waals surface area contributed by atoms with Gasteiger partial charge in [-0.05, 0) is 30.9 Å². The summed E-state index contributed by atoms with van der Waals surface area (Å²) in [4.78, 5) is 13.0. The summed E-state index contributed by atoms with van der Waals surface area (Å²) in [6, 6.07) is 5.60. The molecule has 1 atom stereocenters. The van der Waals surface area contributed by atoms with Crippen LogP contribution in [0.2, 0.25) is 5.15 Å². The van der Waals surface area contributed by atoms with Crippen LogP contribution in [0.5, 0.6) is 0 Å². The Labute approximate surface area is 130 Å². The zero-order chi connectivity index (χ0) is 14.4. The Morgan fingerprint density at radius 2 is 2.14 bits per heavy atom. The first-order chi connectivity index (χ1) is 10.2. The average molecular weight is 318 g/mol. The van der Waals surface area contributed by atoms with Crippen molar-refractivity contribution in [3.05, 3.63) is 41.4 Å². The number of aliphatic hydroxyl groups excluding tert-OH is 1. The number of pyridine rings is 2. The number of aromatic nitrogens is 3. The van der Waals surface area contributed by atoms with Gasteiger partial charge >= 0.3 is 0 Å². The van der Waals surface area contributed by atoms with Gasteiger partial charge in [0.25, 0.3) is 0 Å². The Bertz CT molecular complexity index is 816. The Kier molecular flexibility index (Phi) is 3.14. The highest BCUT2D eigenvalue weighted by Crippen LogP contribution is 2.41. The Balaban J connectivity index is 1.75. The van der Waals surface area contributed by atoms with Crippen LogP contribution in [-0.4, -0.2) is 20.1 Å². The summed E-state index contributed by atoms with van der Waals surface area (Å²) in [6.07, 6.45) is 5.17. The minimum atomic E-state index is -0.463. The molecule has 1 aliphatic rings. The van der Waals surface area contributed by atoms with Crippen LogP contribution in [0, 0.1) is 5.92 Å². The second-order valence-electron chi connectivity index (χ2n) is 5.25. The lowest BCUT2D eigenvalue weighted by molar-refractivity contribution is 0.149. The maximum Gasteiger partial charge on any atom is 0.131 e. The number of halogens is 1. The largest absolute Gasteiger partial charge is 0.387 e. The van der Waals surface area contributed by atoms with Gasteiger partial charge in [0.05, 0.1) is 22.0 Å². The molecule has 0 saturated heterocycles. The third-order valence-electron chi connectivity index (χ3n) is 3.64. The van der Waals surface area contributed by atoms with Gasteiger partial charge in [-0.3, -0.25) is 4.98 Å². The van der Waals surface area contributed by atoms with E-state index in [0.29, 0.717) is 11.1 Å². The molecule has 106 valence electrons. The Hall–Kier alpha value is -1.56.